The summed E-state index contributed by atoms with van der Waals surface area (Å²) < 4.78 is 10.4. The van der Waals surface area contributed by atoms with Gasteiger partial charge in [0.2, 0.25) is 0 Å². The van der Waals surface area contributed by atoms with Crippen LogP contribution in [0, 0.1) is 0 Å². The number of carbonyl (C=O) groups is 5. The molecule has 8 heteroatoms. The van der Waals surface area contributed by atoms with Crippen molar-refractivity contribution < 1.29 is 33.4 Å². The van der Waals surface area contributed by atoms with Crippen LogP contribution < -0.4 is 10.1 Å². The average molecular weight is 471 g/mol. The molecular formula is C27H21NO7. The van der Waals surface area contributed by atoms with E-state index in [1.165, 1.54) is 32.0 Å². The van der Waals surface area contributed by atoms with E-state index in [1.807, 2.05) is 0 Å². The van der Waals surface area contributed by atoms with Gasteiger partial charge in [-0.3, -0.25) is 19.2 Å². The van der Waals surface area contributed by atoms with Crippen molar-refractivity contribution in [1.82, 2.24) is 0 Å². The first-order valence-corrected chi connectivity index (χ1v) is 10.8. The maximum atomic E-state index is 12.8. The van der Waals surface area contributed by atoms with Crippen molar-refractivity contribution in [3.05, 3.63) is 94.5 Å². The van der Waals surface area contributed by atoms with Crippen molar-refractivity contribution in [3.63, 3.8) is 0 Å². The molecule has 1 aliphatic rings. The van der Waals surface area contributed by atoms with Crippen LogP contribution in [0.5, 0.6) is 5.75 Å². The summed E-state index contributed by atoms with van der Waals surface area (Å²) in [6.45, 7) is 2.42. The molecule has 0 fully saturated rings. The van der Waals surface area contributed by atoms with Crippen LogP contribution in [0.15, 0.2) is 66.7 Å². The Balaban J connectivity index is 1.35. The van der Waals surface area contributed by atoms with Crippen molar-refractivity contribution in [3.8, 4) is 5.75 Å². The molecule has 1 aliphatic carbocycles. The highest BCUT2D eigenvalue weighted by Gasteiger charge is 2.29. The summed E-state index contributed by atoms with van der Waals surface area (Å²) in [5, 5.41) is 2.59. The third kappa shape index (κ3) is 5.01. The number of amides is 1. The van der Waals surface area contributed by atoms with Gasteiger partial charge in [0.25, 0.3) is 5.91 Å². The third-order valence-electron chi connectivity index (χ3n) is 5.49. The third-order valence-corrected chi connectivity index (χ3v) is 5.49. The van der Waals surface area contributed by atoms with Crippen LogP contribution in [-0.4, -0.2) is 41.9 Å². The molecule has 3 aromatic carbocycles. The van der Waals surface area contributed by atoms with Crippen molar-refractivity contribution in [1.29, 1.82) is 0 Å². The number of nitrogens with one attached hydrogen (secondary N) is 1. The molecule has 1 amide bonds. The molecule has 1 unspecified atom stereocenters. The number of hydrogen-bond donors (Lipinski definition) is 1. The molecule has 0 heterocycles. The van der Waals surface area contributed by atoms with Gasteiger partial charge in [-0.05, 0) is 56.3 Å². The number of ketones is 3. The SMILES string of the molecule is CC(=O)c1ccc(OCC(=O)OC(C)C(=O)Nc2ccc3c(c2)C(=O)c2ccccc2C3=O)cc1. The van der Waals surface area contributed by atoms with Crippen molar-refractivity contribution >= 4 is 34.9 Å². The average Bonchev–Trinajstić information content (AvgIpc) is 2.86. The molecule has 176 valence electrons. The monoisotopic (exact) mass is 471 g/mol. The van der Waals surface area contributed by atoms with E-state index in [0.717, 1.165) is 0 Å². The van der Waals surface area contributed by atoms with Gasteiger partial charge in [0, 0.05) is 33.5 Å². The minimum atomic E-state index is -1.14. The Morgan fingerprint density at radius 3 is 2.06 bits per heavy atom. The summed E-state index contributed by atoms with van der Waals surface area (Å²) in [6, 6.07) is 17.3. The molecule has 35 heavy (non-hydrogen) atoms. The van der Waals surface area contributed by atoms with Gasteiger partial charge in [0.05, 0.1) is 0 Å². The van der Waals surface area contributed by atoms with Gasteiger partial charge in [0.1, 0.15) is 5.75 Å². The predicted octanol–water partition coefficient (Wildman–Crippen LogP) is 3.61. The van der Waals surface area contributed by atoms with E-state index in [4.69, 9.17) is 9.47 Å². The Labute approximate surface area is 200 Å². The molecule has 0 saturated heterocycles. The topological polar surface area (TPSA) is 116 Å². The summed E-state index contributed by atoms with van der Waals surface area (Å²) in [7, 11) is 0. The van der Waals surface area contributed by atoms with Gasteiger partial charge in [-0.2, -0.15) is 0 Å². The quantitative estimate of drug-likeness (QED) is 0.323. The van der Waals surface area contributed by atoms with E-state index in [2.05, 4.69) is 5.32 Å². The number of carbonyl (C=O) groups excluding carboxylic acids is 5. The molecule has 3 aromatic rings. The van der Waals surface area contributed by atoms with E-state index in [0.29, 0.717) is 28.1 Å². The fourth-order valence-electron chi connectivity index (χ4n) is 3.63. The fraction of sp³-hybridized carbons (Fsp3) is 0.148. The van der Waals surface area contributed by atoms with Crippen LogP contribution in [0.2, 0.25) is 0 Å². The zero-order valence-corrected chi connectivity index (χ0v) is 19.0. The molecule has 0 radical (unpaired) electrons. The number of esters is 1. The number of fused-ring (bicyclic) bond motifs is 2. The first-order valence-electron chi connectivity index (χ1n) is 10.8. The molecule has 0 aromatic heterocycles. The second kappa shape index (κ2) is 9.72. The molecular weight excluding hydrogens is 450 g/mol. The number of benzene rings is 3. The van der Waals surface area contributed by atoms with E-state index in [1.54, 1.807) is 48.5 Å². The lowest BCUT2D eigenvalue weighted by atomic mass is 9.84. The minimum Gasteiger partial charge on any atom is -0.482 e. The Morgan fingerprint density at radius 1 is 0.829 bits per heavy atom. The highest BCUT2D eigenvalue weighted by molar-refractivity contribution is 6.28. The lowest BCUT2D eigenvalue weighted by Gasteiger charge is -2.19. The lowest BCUT2D eigenvalue weighted by Crippen LogP contribution is -2.32. The minimum absolute atomic E-state index is 0.0875. The Morgan fingerprint density at radius 2 is 1.43 bits per heavy atom. The number of Topliss-reactive ketones (excluding diaryl/α,β-unsaturated/α-hetero) is 1. The highest BCUT2D eigenvalue weighted by atomic mass is 16.6. The Hall–Kier alpha value is -4.59. The van der Waals surface area contributed by atoms with Gasteiger partial charge in [0.15, 0.2) is 30.1 Å². The summed E-state index contributed by atoms with van der Waals surface area (Å²) in [4.78, 5) is 61.5. The molecule has 8 nitrogen and oxygen atoms in total. The second-order valence-electron chi connectivity index (χ2n) is 7.95. The van der Waals surface area contributed by atoms with Crippen LogP contribution in [0.3, 0.4) is 0 Å². The first-order chi connectivity index (χ1) is 16.7. The fourth-order valence-corrected chi connectivity index (χ4v) is 3.63. The zero-order chi connectivity index (χ0) is 25.1. The van der Waals surface area contributed by atoms with Crippen LogP contribution in [0.1, 0.15) is 56.0 Å². The van der Waals surface area contributed by atoms with Crippen LogP contribution in [0.25, 0.3) is 0 Å². The number of anilines is 1. The highest BCUT2D eigenvalue weighted by Crippen LogP contribution is 2.29. The molecule has 1 N–H and O–H groups in total. The largest absolute Gasteiger partial charge is 0.482 e. The van der Waals surface area contributed by atoms with E-state index < -0.39 is 24.6 Å². The summed E-state index contributed by atoms with van der Waals surface area (Å²) >= 11 is 0. The molecule has 0 bridgehead atoms. The Kier molecular flexibility index (Phi) is 6.55. The molecule has 0 saturated carbocycles. The molecule has 0 aliphatic heterocycles. The molecule has 4 rings (SSSR count). The normalized spacial score (nSPS) is 12.7. The summed E-state index contributed by atoms with van der Waals surface area (Å²) in [6.07, 6.45) is -1.14. The van der Waals surface area contributed by atoms with E-state index >= 15 is 0 Å². The van der Waals surface area contributed by atoms with Crippen LogP contribution in [-0.2, 0) is 14.3 Å². The maximum absolute atomic E-state index is 12.8. The van der Waals surface area contributed by atoms with Crippen LogP contribution >= 0.6 is 0 Å². The Bertz CT molecular complexity index is 1360. The van der Waals surface area contributed by atoms with Crippen LogP contribution in [0.4, 0.5) is 5.69 Å². The molecule has 1 atom stereocenters. The smallest absolute Gasteiger partial charge is 0.344 e. The van der Waals surface area contributed by atoms with Crippen molar-refractivity contribution in [2.75, 3.05) is 11.9 Å². The lowest BCUT2D eigenvalue weighted by molar-refractivity contribution is -0.155. The van der Waals surface area contributed by atoms with Gasteiger partial charge in [-0.15, -0.1) is 0 Å². The maximum Gasteiger partial charge on any atom is 0.344 e. The predicted molar refractivity (Wildman–Crippen MR) is 126 cm³/mol. The number of ether oxygens (including phenoxy) is 2. The second-order valence-corrected chi connectivity index (χ2v) is 7.95. The standard InChI is InChI=1S/C27H21NO7/c1-15(29)17-7-10-19(11-8-17)34-14-24(30)35-16(2)27(33)28-18-9-12-22-23(13-18)26(32)21-6-4-3-5-20(21)25(22)31/h3-13,16H,14H2,1-2H3,(H,28,33). The van der Waals surface area contributed by atoms with E-state index in [-0.39, 0.29) is 28.5 Å². The summed E-state index contributed by atoms with van der Waals surface area (Å²) in [5.74, 6) is -1.65. The van der Waals surface area contributed by atoms with Gasteiger partial charge < -0.3 is 14.8 Å². The number of hydrogen-bond acceptors (Lipinski definition) is 7. The van der Waals surface area contributed by atoms with Gasteiger partial charge >= 0.3 is 5.97 Å². The zero-order valence-electron chi connectivity index (χ0n) is 19.0. The van der Waals surface area contributed by atoms with E-state index in [9.17, 15) is 24.0 Å². The first kappa shape index (κ1) is 23.6. The van der Waals surface area contributed by atoms with Crippen molar-refractivity contribution in [2.45, 2.75) is 20.0 Å². The number of rotatable bonds is 7. The van der Waals surface area contributed by atoms with Crippen molar-refractivity contribution in [2.24, 2.45) is 0 Å². The van der Waals surface area contributed by atoms with Gasteiger partial charge in [-0.1, -0.05) is 24.3 Å². The van der Waals surface area contributed by atoms with Gasteiger partial charge in [-0.25, -0.2) is 4.79 Å². The summed E-state index contributed by atoms with van der Waals surface area (Å²) in [5.41, 5.74) is 1.92. The molecule has 0 spiro atoms.